The van der Waals surface area contributed by atoms with E-state index in [0.29, 0.717) is 41.6 Å². The second-order valence-electron chi connectivity index (χ2n) is 7.57. The lowest BCUT2D eigenvalue weighted by Gasteiger charge is -2.36. The van der Waals surface area contributed by atoms with Gasteiger partial charge in [0.2, 0.25) is 5.91 Å². The quantitative estimate of drug-likeness (QED) is 0.497. The Kier molecular flexibility index (Phi) is 6.90. The van der Waals surface area contributed by atoms with Gasteiger partial charge in [-0.25, -0.2) is 4.68 Å². The molecule has 0 spiro atoms. The number of amides is 1. The largest absolute Gasteiger partial charge is 0.495 e. The number of aromatic nitrogens is 3. The molecule has 0 bridgehead atoms. The van der Waals surface area contributed by atoms with Crippen LogP contribution < -0.4 is 9.64 Å². The number of hydrogen-bond acceptors (Lipinski definition) is 5. The number of anilines is 1. The minimum Gasteiger partial charge on any atom is -0.495 e. The van der Waals surface area contributed by atoms with E-state index in [1.165, 1.54) is 24.3 Å². The van der Waals surface area contributed by atoms with Crippen molar-refractivity contribution in [2.24, 2.45) is 0 Å². The molecular formula is C22H20Cl2F3N5O2. The van der Waals surface area contributed by atoms with Gasteiger partial charge in [-0.05, 0) is 24.3 Å². The van der Waals surface area contributed by atoms with Crippen LogP contribution in [-0.2, 0) is 17.5 Å². The third-order valence-corrected chi connectivity index (χ3v) is 6.16. The van der Waals surface area contributed by atoms with E-state index in [-0.39, 0.29) is 11.4 Å². The van der Waals surface area contributed by atoms with E-state index in [4.69, 9.17) is 27.9 Å². The first-order valence-electron chi connectivity index (χ1n) is 10.3. The first kappa shape index (κ1) is 24.2. The number of methoxy groups -OCH3 is 1. The molecule has 0 saturated carbocycles. The summed E-state index contributed by atoms with van der Waals surface area (Å²) in [6.07, 6.45) is -3.36. The number of carbonyl (C=O) groups excluding carboxylic acids is 1. The molecule has 1 aromatic carbocycles. The number of hydrogen-bond donors (Lipinski definition) is 0. The molecule has 2 aromatic heterocycles. The van der Waals surface area contributed by atoms with Crippen molar-refractivity contribution in [1.29, 1.82) is 0 Å². The Hall–Kier alpha value is -2.98. The molecule has 0 atom stereocenters. The van der Waals surface area contributed by atoms with E-state index in [2.05, 4.69) is 10.1 Å². The molecule has 0 radical (unpaired) electrons. The number of piperazine rings is 1. The summed E-state index contributed by atoms with van der Waals surface area (Å²) >= 11 is 12.1. The number of pyridine rings is 1. The average Bonchev–Trinajstić information content (AvgIpc) is 3.16. The topological polar surface area (TPSA) is 63.5 Å². The van der Waals surface area contributed by atoms with E-state index in [1.54, 1.807) is 24.3 Å². The monoisotopic (exact) mass is 513 g/mol. The molecular weight excluding hydrogens is 494 g/mol. The van der Waals surface area contributed by atoms with Crippen LogP contribution in [0.25, 0.3) is 11.4 Å². The summed E-state index contributed by atoms with van der Waals surface area (Å²) in [6, 6.07) is 10.1. The van der Waals surface area contributed by atoms with Crippen molar-refractivity contribution in [3.63, 3.8) is 0 Å². The van der Waals surface area contributed by atoms with E-state index in [1.807, 2.05) is 11.0 Å². The van der Waals surface area contributed by atoms with Crippen LogP contribution in [0.4, 0.5) is 18.9 Å². The minimum absolute atomic E-state index is 0.121. The van der Waals surface area contributed by atoms with Crippen molar-refractivity contribution in [2.75, 3.05) is 38.2 Å². The summed E-state index contributed by atoms with van der Waals surface area (Å²) in [5.41, 5.74) is -0.221. The molecule has 1 saturated heterocycles. The van der Waals surface area contributed by atoms with Crippen LogP contribution in [0.3, 0.4) is 0 Å². The molecule has 34 heavy (non-hydrogen) atoms. The van der Waals surface area contributed by atoms with Gasteiger partial charge in [-0.1, -0.05) is 29.3 Å². The lowest BCUT2D eigenvalue weighted by atomic mass is 10.2. The third-order valence-electron chi connectivity index (χ3n) is 5.49. The standard InChI is InChI=1S/C22H20Cl2F3N5O2/c1-34-17-12-14(5-6-15(17)23)30-8-10-31(11-9-30)18(33)13-32-21(22(25,26)27)19(24)20(29-32)16-4-2-3-7-28-16/h2-7,12H,8-11,13H2,1H3. The number of alkyl halides is 3. The molecule has 3 aromatic rings. The Morgan fingerprint density at radius 2 is 1.85 bits per heavy atom. The van der Waals surface area contributed by atoms with Gasteiger partial charge in [0.15, 0.2) is 5.69 Å². The third kappa shape index (κ3) is 4.92. The molecule has 180 valence electrons. The number of nitrogens with zero attached hydrogens (tertiary/aromatic N) is 5. The molecule has 0 aliphatic carbocycles. The maximum Gasteiger partial charge on any atom is 0.434 e. The molecule has 4 rings (SSSR count). The molecule has 7 nitrogen and oxygen atoms in total. The Morgan fingerprint density at radius 3 is 2.47 bits per heavy atom. The predicted octanol–water partition coefficient (Wildman–Crippen LogP) is 4.63. The predicted molar refractivity (Wildman–Crippen MR) is 122 cm³/mol. The van der Waals surface area contributed by atoms with Gasteiger partial charge in [-0.2, -0.15) is 18.3 Å². The highest BCUT2D eigenvalue weighted by Gasteiger charge is 2.41. The van der Waals surface area contributed by atoms with Crippen molar-refractivity contribution in [2.45, 2.75) is 12.7 Å². The van der Waals surface area contributed by atoms with Crippen LogP contribution >= 0.6 is 23.2 Å². The smallest absolute Gasteiger partial charge is 0.434 e. The second-order valence-corrected chi connectivity index (χ2v) is 8.35. The molecule has 0 unspecified atom stereocenters. The lowest BCUT2D eigenvalue weighted by Crippen LogP contribution is -2.49. The van der Waals surface area contributed by atoms with Crippen molar-refractivity contribution in [3.8, 4) is 17.1 Å². The van der Waals surface area contributed by atoms with Crippen molar-refractivity contribution >= 4 is 34.8 Å². The summed E-state index contributed by atoms with van der Waals surface area (Å²) in [5.74, 6) is 0.0576. The van der Waals surface area contributed by atoms with Crippen molar-refractivity contribution in [1.82, 2.24) is 19.7 Å². The van der Waals surface area contributed by atoms with E-state index < -0.39 is 29.3 Å². The van der Waals surface area contributed by atoms with Gasteiger partial charge in [0.05, 0.1) is 17.8 Å². The number of carbonyl (C=O) groups is 1. The van der Waals surface area contributed by atoms with Gasteiger partial charge in [-0.15, -0.1) is 0 Å². The highest BCUT2D eigenvalue weighted by atomic mass is 35.5. The fraction of sp³-hybridized carbons (Fsp3) is 0.318. The van der Waals surface area contributed by atoms with Crippen LogP contribution in [0, 0.1) is 0 Å². The molecule has 1 amide bonds. The van der Waals surface area contributed by atoms with Crippen LogP contribution in [0.15, 0.2) is 42.6 Å². The summed E-state index contributed by atoms with van der Waals surface area (Å²) < 4.78 is 47.1. The Balaban J connectivity index is 1.49. The lowest BCUT2D eigenvalue weighted by molar-refractivity contribution is -0.145. The van der Waals surface area contributed by atoms with Gasteiger partial charge in [0, 0.05) is 44.1 Å². The second kappa shape index (κ2) is 9.71. The summed E-state index contributed by atoms with van der Waals surface area (Å²) in [5, 5.41) is 3.90. The maximum absolute atomic E-state index is 13.7. The fourth-order valence-electron chi connectivity index (χ4n) is 3.78. The zero-order chi connectivity index (χ0) is 24.5. The zero-order valence-electron chi connectivity index (χ0n) is 18.0. The average molecular weight is 514 g/mol. The highest BCUT2D eigenvalue weighted by Crippen LogP contribution is 2.39. The van der Waals surface area contributed by atoms with Crippen molar-refractivity contribution < 1.29 is 22.7 Å². The number of rotatable bonds is 5. The minimum atomic E-state index is -4.79. The van der Waals surface area contributed by atoms with Gasteiger partial charge >= 0.3 is 6.18 Å². The SMILES string of the molecule is COc1cc(N2CCN(C(=O)Cn3nc(-c4ccccn4)c(Cl)c3C(F)(F)F)CC2)ccc1Cl. The molecule has 1 fully saturated rings. The van der Waals surface area contributed by atoms with Crippen molar-refractivity contribution in [3.05, 3.63) is 58.3 Å². The Bertz CT molecular complexity index is 1180. The van der Waals surface area contributed by atoms with Crippen LogP contribution in [0.2, 0.25) is 10.0 Å². The van der Waals surface area contributed by atoms with Gasteiger partial charge in [0.25, 0.3) is 0 Å². The zero-order valence-corrected chi connectivity index (χ0v) is 19.5. The maximum atomic E-state index is 13.7. The first-order valence-corrected chi connectivity index (χ1v) is 11.1. The fourth-order valence-corrected chi connectivity index (χ4v) is 4.31. The summed E-state index contributed by atoms with van der Waals surface area (Å²) in [6.45, 7) is 1.10. The van der Waals surface area contributed by atoms with Crippen LogP contribution in [-0.4, -0.2) is 58.9 Å². The van der Waals surface area contributed by atoms with E-state index >= 15 is 0 Å². The van der Waals surface area contributed by atoms with Gasteiger partial charge in [-0.3, -0.25) is 9.78 Å². The normalized spacial score (nSPS) is 14.4. The van der Waals surface area contributed by atoms with Crippen LogP contribution in [0.1, 0.15) is 5.69 Å². The molecule has 12 heteroatoms. The first-order chi connectivity index (χ1) is 16.2. The molecule has 1 aliphatic rings. The number of ether oxygens (including phenoxy) is 1. The number of halogens is 5. The Morgan fingerprint density at radius 1 is 1.12 bits per heavy atom. The van der Waals surface area contributed by atoms with Crippen LogP contribution in [0.5, 0.6) is 5.75 Å². The van der Waals surface area contributed by atoms with E-state index in [9.17, 15) is 18.0 Å². The summed E-state index contributed by atoms with van der Waals surface area (Å²) in [7, 11) is 1.53. The summed E-state index contributed by atoms with van der Waals surface area (Å²) in [4.78, 5) is 20.5. The highest BCUT2D eigenvalue weighted by molar-refractivity contribution is 6.33. The number of benzene rings is 1. The van der Waals surface area contributed by atoms with Gasteiger partial charge in [0.1, 0.15) is 23.0 Å². The van der Waals surface area contributed by atoms with E-state index in [0.717, 1.165) is 5.69 Å². The molecule has 0 N–H and O–H groups in total. The van der Waals surface area contributed by atoms with Gasteiger partial charge < -0.3 is 14.5 Å². The molecule has 1 aliphatic heterocycles. The Labute approximate surface area is 203 Å². The molecule has 3 heterocycles.